The SMILES string of the molecule is CCN1CCN(c2ccccc2NC(=O)[C@H]2CC(=O)N(c3cccc(OC)c3)C2)CC1. The van der Waals surface area contributed by atoms with Crippen LogP contribution < -0.4 is 19.9 Å². The number of benzene rings is 2. The van der Waals surface area contributed by atoms with E-state index in [1.165, 1.54) is 0 Å². The highest BCUT2D eigenvalue weighted by Gasteiger charge is 2.35. The molecular formula is C24H30N4O3. The first kappa shape index (κ1) is 21.2. The lowest BCUT2D eigenvalue weighted by Gasteiger charge is -2.36. The van der Waals surface area contributed by atoms with E-state index in [0.717, 1.165) is 49.8 Å². The van der Waals surface area contributed by atoms with Crippen LogP contribution in [0.15, 0.2) is 48.5 Å². The minimum Gasteiger partial charge on any atom is -0.497 e. The van der Waals surface area contributed by atoms with Gasteiger partial charge in [-0.1, -0.05) is 25.1 Å². The monoisotopic (exact) mass is 422 g/mol. The van der Waals surface area contributed by atoms with E-state index in [2.05, 4.69) is 28.1 Å². The average Bonchev–Trinajstić information content (AvgIpc) is 3.21. The van der Waals surface area contributed by atoms with Crippen LogP contribution in [0.25, 0.3) is 0 Å². The Hall–Kier alpha value is -3.06. The second-order valence-corrected chi connectivity index (χ2v) is 8.03. The molecule has 0 bridgehead atoms. The number of ether oxygens (including phenoxy) is 1. The number of nitrogens with zero attached hydrogens (tertiary/aromatic N) is 3. The summed E-state index contributed by atoms with van der Waals surface area (Å²) < 4.78 is 5.26. The summed E-state index contributed by atoms with van der Waals surface area (Å²) in [5, 5.41) is 3.09. The number of nitrogens with one attached hydrogen (secondary N) is 1. The zero-order valence-corrected chi connectivity index (χ0v) is 18.2. The fourth-order valence-electron chi connectivity index (χ4n) is 4.31. The molecule has 1 atom stereocenters. The first-order valence-corrected chi connectivity index (χ1v) is 10.9. The smallest absolute Gasteiger partial charge is 0.229 e. The molecule has 0 unspecified atom stereocenters. The lowest BCUT2D eigenvalue weighted by atomic mass is 10.1. The molecule has 2 aliphatic rings. The van der Waals surface area contributed by atoms with Crippen molar-refractivity contribution in [3.8, 4) is 5.75 Å². The first-order valence-electron chi connectivity index (χ1n) is 10.9. The molecule has 7 heteroatoms. The second-order valence-electron chi connectivity index (χ2n) is 8.03. The number of carbonyl (C=O) groups is 2. The summed E-state index contributed by atoms with van der Waals surface area (Å²) in [6.07, 6.45) is 0.209. The van der Waals surface area contributed by atoms with Crippen LogP contribution >= 0.6 is 0 Å². The Bertz CT molecular complexity index is 940. The van der Waals surface area contributed by atoms with Gasteiger partial charge in [0.1, 0.15) is 5.75 Å². The molecule has 2 aromatic carbocycles. The van der Waals surface area contributed by atoms with E-state index in [0.29, 0.717) is 12.3 Å². The molecule has 0 aliphatic carbocycles. The maximum absolute atomic E-state index is 13.1. The van der Waals surface area contributed by atoms with E-state index in [9.17, 15) is 9.59 Å². The van der Waals surface area contributed by atoms with Gasteiger partial charge in [-0.15, -0.1) is 0 Å². The molecule has 2 saturated heterocycles. The maximum atomic E-state index is 13.1. The van der Waals surface area contributed by atoms with Crippen LogP contribution in [0.2, 0.25) is 0 Å². The Kier molecular flexibility index (Phi) is 6.42. The van der Waals surface area contributed by atoms with Crippen LogP contribution in [0.1, 0.15) is 13.3 Å². The van der Waals surface area contributed by atoms with Gasteiger partial charge >= 0.3 is 0 Å². The fourth-order valence-corrected chi connectivity index (χ4v) is 4.31. The molecular weight excluding hydrogens is 392 g/mol. The highest BCUT2D eigenvalue weighted by molar-refractivity contribution is 6.04. The van der Waals surface area contributed by atoms with Crippen molar-refractivity contribution in [3.05, 3.63) is 48.5 Å². The van der Waals surface area contributed by atoms with Gasteiger partial charge in [0.2, 0.25) is 11.8 Å². The molecule has 4 rings (SSSR count). The molecule has 2 amide bonds. The lowest BCUT2D eigenvalue weighted by molar-refractivity contribution is -0.122. The van der Waals surface area contributed by atoms with Crippen molar-refractivity contribution in [3.63, 3.8) is 0 Å². The normalized spacial score (nSPS) is 19.5. The van der Waals surface area contributed by atoms with E-state index >= 15 is 0 Å². The topological polar surface area (TPSA) is 65.1 Å². The number of para-hydroxylation sites is 2. The highest BCUT2D eigenvalue weighted by Crippen LogP contribution is 2.31. The summed E-state index contributed by atoms with van der Waals surface area (Å²) in [4.78, 5) is 32.1. The summed E-state index contributed by atoms with van der Waals surface area (Å²) in [5.74, 6) is 0.148. The number of anilines is 3. The van der Waals surface area contributed by atoms with Crippen molar-refractivity contribution in [1.82, 2.24) is 4.90 Å². The molecule has 0 saturated carbocycles. The summed E-state index contributed by atoms with van der Waals surface area (Å²) in [6, 6.07) is 15.3. The predicted octanol–water partition coefficient (Wildman–Crippen LogP) is 2.83. The summed E-state index contributed by atoms with van der Waals surface area (Å²) in [5.41, 5.74) is 2.61. The maximum Gasteiger partial charge on any atom is 0.229 e. The van der Waals surface area contributed by atoms with Crippen molar-refractivity contribution < 1.29 is 14.3 Å². The van der Waals surface area contributed by atoms with E-state index in [1.807, 2.05) is 42.5 Å². The summed E-state index contributed by atoms with van der Waals surface area (Å²) >= 11 is 0. The van der Waals surface area contributed by atoms with E-state index in [-0.39, 0.29) is 24.2 Å². The van der Waals surface area contributed by atoms with Crippen LogP contribution in [-0.4, -0.2) is 63.1 Å². The Labute approximate surface area is 183 Å². The molecule has 7 nitrogen and oxygen atoms in total. The van der Waals surface area contributed by atoms with Crippen LogP contribution in [0.3, 0.4) is 0 Å². The Morgan fingerprint density at radius 2 is 1.87 bits per heavy atom. The minimum atomic E-state index is -0.385. The molecule has 2 fully saturated rings. The van der Waals surface area contributed by atoms with Gasteiger partial charge in [-0.2, -0.15) is 0 Å². The molecule has 2 heterocycles. The van der Waals surface area contributed by atoms with Crippen molar-refractivity contribution in [1.29, 1.82) is 0 Å². The zero-order chi connectivity index (χ0) is 21.8. The Morgan fingerprint density at radius 1 is 1.10 bits per heavy atom. The molecule has 0 spiro atoms. The third kappa shape index (κ3) is 4.66. The molecule has 164 valence electrons. The van der Waals surface area contributed by atoms with E-state index < -0.39 is 0 Å². The number of piperazine rings is 1. The van der Waals surface area contributed by atoms with Crippen molar-refractivity contribution in [2.45, 2.75) is 13.3 Å². The standard InChI is InChI=1S/C24H30N4O3/c1-3-26-11-13-27(14-12-26)22-10-5-4-9-21(22)25-24(30)18-15-23(29)28(17-18)19-7-6-8-20(16-19)31-2/h4-10,16,18H,3,11-15,17H2,1-2H3,(H,25,30)/t18-/m0/s1. The quantitative estimate of drug-likeness (QED) is 0.776. The number of rotatable bonds is 6. The number of methoxy groups -OCH3 is 1. The molecule has 31 heavy (non-hydrogen) atoms. The largest absolute Gasteiger partial charge is 0.497 e. The zero-order valence-electron chi connectivity index (χ0n) is 18.2. The van der Waals surface area contributed by atoms with Crippen molar-refractivity contribution in [2.24, 2.45) is 5.92 Å². The van der Waals surface area contributed by atoms with Crippen LogP contribution in [0, 0.1) is 5.92 Å². The van der Waals surface area contributed by atoms with Gasteiger partial charge < -0.3 is 24.8 Å². The number of amides is 2. The van der Waals surface area contributed by atoms with E-state index in [1.54, 1.807) is 12.0 Å². The number of likely N-dealkylation sites (N-methyl/N-ethyl adjacent to an activating group) is 1. The first-order chi connectivity index (χ1) is 15.1. The van der Waals surface area contributed by atoms with Crippen LogP contribution in [-0.2, 0) is 9.59 Å². The third-order valence-corrected chi connectivity index (χ3v) is 6.18. The number of carbonyl (C=O) groups excluding carboxylic acids is 2. The van der Waals surface area contributed by atoms with Gasteiger partial charge in [-0.3, -0.25) is 9.59 Å². The Balaban J connectivity index is 1.44. The van der Waals surface area contributed by atoms with Crippen molar-refractivity contribution >= 4 is 28.9 Å². The van der Waals surface area contributed by atoms with Crippen LogP contribution in [0.5, 0.6) is 5.75 Å². The molecule has 1 N–H and O–H groups in total. The summed E-state index contributed by atoms with van der Waals surface area (Å²) in [6.45, 7) is 7.53. The molecule has 2 aliphatic heterocycles. The van der Waals surface area contributed by atoms with Crippen LogP contribution in [0.4, 0.5) is 17.1 Å². The van der Waals surface area contributed by atoms with Gasteiger partial charge in [0.05, 0.1) is 24.4 Å². The average molecular weight is 423 g/mol. The van der Waals surface area contributed by atoms with Gasteiger partial charge in [-0.05, 0) is 30.8 Å². The van der Waals surface area contributed by atoms with Gasteiger partial charge in [0, 0.05) is 50.9 Å². The number of hydrogen-bond acceptors (Lipinski definition) is 5. The lowest BCUT2D eigenvalue weighted by Crippen LogP contribution is -2.46. The van der Waals surface area contributed by atoms with Gasteiger partial charge in [0.25, 0.3) is 0 Å². The fraction of sp³-hybridized carbons (Fsp3) is 0.417. The third-order valence-electron chi connectivity index (χ3n) is 6.18. The number of hydrogen-bond donors (Lipinski definition) is 1. The molecule has 0 aromatic heterocycles. The highest BCUT2D eigenvalue weighted by atomic mass is 16.5. The van der Waals surface area contributed by atoms with Crippen molar-refractivity contribution in [2.75, 3.05) is 61.5 Å². The van der Waals surface area contributed by atoms with E-state index in [4.69, 9.17) is 4.74 Å². The molecule has 2 aromatic rings. The minimum absolute atomic E-state index is 0.0441. The second kappa shape index (κ2) is 9.39. The Morgan fingerprint density at radius 3 is 2.61 bits per heavy atom. The predicted molar refractivity (Wildman–Crippen MR) is 123 cm³/mol. The van der Waals surface area contributed by atoms with Gasteiger partial charge in [0.15, 0.2) is 0 Å². The summed E-state index contributed by atoms with van der Waals surface area (Å²) in [7, 11) is 1.60. The molecule has 0 radical (unpaired) electrons. The van der Waals surface area contributed by atoms with Gasteiger partial charge in [-0.25, -0.2) is 0 Å².